The zero-order chi connectivity index (χ0) is 14.8. The lowest BCUT2D eigenvalue weighted by Gasteiger charge is -2.36. The number of amides is 2. The maximum absolute atomic E-state index is 12.5. The number of methoxy groups -OCH3 is 1. The summed E-state index contributed by atoms with van der Waals surface area (Å²) in [7, 11) is 3.77. The van der Waals surface area contributed by atoms with E-state index in [1.807, 2.05) is 10.3 Å². The number of rotatable bonds is 3. The van der Waals surface area contributed by atoms with E-state index in [-0.39, 0.29) is 6.03 Å². The number of anilines is 1. The van der Waals surface area contributed by atoms with Gasteiger partial charge < -0.3 is 14.5 Å². The Kier molecular flexibility index (Phi) is 4.42. The molecule has 0 bridgehead atoms. The van der Waals surface area contributed by atoms with Crippen molar-refractivity contribution in [3.63, 3.8) is 0 Å². The molecule has 2 atom stereocenters. The number of nitrogens with one attached hydrogen (secondary N) is 1. The van der Waals surface area contributed by atoms with Crippen LogP contribution >= 0.6 is 11.3 Å². The molecule has 0 aromatic carbocycles. The highest BCUT2D eigenvalue weighted by atomic mass is 32.1. The minimum atomic E-state index is -0.0154. The van der Waals surface area contributed by atoms with E-state index in [1.54, 1.807) is 7.11 Å². The van der Waals surface area contributed by atoms with Crippen LogP contribution < -0.4 is 5.32 Å². The van der Waals surface area contributed by atoms with Gasteiger partial charge in [0, 0.05) is 32.1 Å². The molecule has 0 unspecified atom stereocenters. The van der Waals surface area contributed by atoms with E-state index in [9.17, 15) is 4.79 Å². The van der Waals surface area contributed by atoms with Crippen molar-refractivity contribution < 1.29 is 9.53 Å². The summed E-state index contributed by atoms with van der Waals surface area (Å²) < 4.78 is 5.05. The molecular weight excluding hydrogens is 288 g/mol. The van der Waals surface area contributed by atoms with Crippen molar-refractivity contribution in [3.05, 3.63) is 11.1 Å². The van der Waals surface area contributed by atoms with Gasteiger partial charge >= 0.3 is 6.03 Å². The second-order valence-electron chi connectivity index (χ2n) is 5.89. The number of likely N-dealkylation sites (tertiary alicyclic amines) is 2. The number of ether oxygens (including phenoxy) is 1. The molecule has 1 aromatic heterocycles. The largest absolute Gasteiger partial charge is 0.378 e. The van der Waals surface area contributed by atoms with E-state index in [4.69, 9.17) is 4.74 Å². The van der Waals surface area contributed by atoms with Crippen LogP contribution in [0.25, 0.3) is 0 Å². The number of aromatic nitrogens is 1. The summed E-state index contributed by atoms with van der Waals surface area (Å²) in [5.41, 5.74) is 0.856. The van der Waals surface area contributed by atoms with Gasteiger partial charge in [0.05, 0.1) is 18.3 Å². The third-order valence-corrected chi connectivity index (χ3v) is 5.09. The Bertz CT molecular complexity index is 507. The molecule has 0 spiro atoms. The summed E-state index contributed by atoms with van der Waals surface area (Å²) in [5.74, 6) is 0.620. The zero-order valence-electron chi connectivity index (χ0n) is 12.5. The highest BCUT2D eigenvalue weighted by Crippen LogP contribution is 2.30. The lowest BCUT2D eigenvalue weighted by atomic mass is 9.92. The van der Waals surface area contributed by atoms with Gasteiger partial charge in [-0.3, -0.25) is 5.32 Å². The predicted octanol–water partition coefficient (Wildman–Crippen LogP) is 1.85. The highest BCUT2D eigenvalue weighted by Gasteiger charge is 2.39. The average Bonchev–Trinajstić information content (AvgIpc) is 3.04. The Hall–Kier alpha value is -1.18. The lowest BCUT2D eigenvalue weighted by molar-refractivity contribution is 0.146. The Balaban J connectivity index is 1.63. The molecule has 7 heteroatoms. The molecular formula is C14H22N4O2S. The summed E-state index contributed by atoms with van der Waals surface area (Å²) in [6.45, 7) is 3.40. The molecule has 116 valence electrons. The van der Waals surface area contributed by atoms with Crippen molar-refractivity contribution in [1.29, 1.82) is 0 Å². The molecule has 2 aliphatic heterocycles. The Morgan fingerprint density at radius 3 is 3.24 bits per heavy atom. The fourth-order valence-corrected chi connectivity index (χ4v) is 4.07. The standard InChI is InChI=1S/C14H22N4O2S/c1-17-6-10-4-3-5-18(12(10)7-17)14(19)16-13-15-11(8-20-2)9-21-13/h9-10,12H,3-8H2,1-2H3,(H,15,16,19)/t10-,12+/m0/s1. The van der Waals surface area contributed by atoms with Crippen LogP contribution in [0.15, 0.2) is 5.38 Å². The van der Waals surface area contributed by atoms with Gasteiger partial charge in [-0.05, 0) is 25.8 Å². The topological polar surface area (TPSA) is 57.7 Å². The van der Waals surface area contributed by atoms with Gasteiger partial charge in [-0.2, -0.15) is 0 Å². The highest BCUT2D eigenvalue weighted by molar-refractivity contribution is 7.13. The number of carbonyl (C=O) groups excluding carboxylic acids is 1. The number of urea groups is 1. The van der Waals surface area contributed by atoms with E-state index in [0.717, 1.165) is 31.7 Å². The minimum Gasteiger partial charge on any atom is -0.378 e. The summed E-state index contributed by atoms with van der Waals surface area (Å²) >= 11 is 1.45. The molecule has 2 saturated heterocycles. The summed E-state index contributed by atoms with van der Waals surface area (Å²) in [6, 6.07) is 0.334. The number of thiazole rings is 1. The SMILES string of the molecule is COCc1csc(NC(=O)N2CCC[C@H]3CN(C)C[C@H]32)n1. The molecule has 0 aliphatic carbocycles. The molecule has 6 nitrogen and oxygen atoms in total. The van der Waals surface area contributed by atoms with Gasteiger partial charge in [-0.1, -0.05) is 0 Å². The number of likely N-dealkylation sites (N-methyl/N-ethyl adjacent to an activating group) is 1. The van der Waals surface area contributed by atoms with E-state index in [0.29, 0.717) is 23.7 Å². The van der Waals surface area contributed by atoms with Gasteiger partial charge in [-0.25, -0.2) is 9.78 Å². The smallest absolute Gasteiger partial charge is 0.323 e. The first kappa shape index (κ1) is 14.7. The number of fused-ring (bicyclic) bond motifs is 1. The molecule has 1 N–H and O–H groups in total. The minimum absolute atomic E-state index is 0.0154. The fourth-order valence-electron chi connectivity index (χ4n) is 3.39. The van der Waals surface area contributed by atoms with Gasteiger partial charge in [0.15, 0.2) is 5.13 Å². The van der Waals surface area contributed by atoms with Crippen molar-refractivity contribution in [3.8, 4) is 0 Å². The van der Waals surface area contributed by atoms with Gasteiger partial charge in [0.2, 0.25) is 0 Å². The number of piperidine rings is 1. The van der Waals surface area contributed by atoms with E-state index in [1.165, 1.54) is 17.8 Å². The second-order valence-corrected chi connectivity index (χ2v) is 6.75. The van der Waals surface area contributed by atoms with Crippen LogP contribution in [0.1, 0.15) is 18.5 Å². The number of hydrogen-bond acceptors (Lipinski definition) is 5. The van der Waals surface area contributed by atoms with Crippen LogP contribution in [-0.2, 0) is 11.3 Å². The molecule has 21 heavy (non-hydrogen) atoms. The normalized spacial score (nSPS) is 25.9. The zero-order valence-corrected chi connectivity index (χ0v) is 13.4. The van der Waals surface area contributed by atoms with Crippen LogP contribution in [0, 0.1) is 5.92 Å². The molecule has 2 fully saturated rings. The van der Waals surface area contributed by atoms with Crippen LogP contribution in [0.2, 0.25) is 0 Å². The molecule has 2 amide bonds. The van der Waals surface area contributed by atoms with Crippen LogP contribution in [0.5, 0.6) is 0 Å². The average molecular weight is 310 g/mol. The maximum Gasteiger partial charge on any atom is 0.323 e. The van der Waals surface area contributed by atoms with Crippen molar-refractivity contribution in [2.24, 2.45) is 5.92 Å². The number of hydrogen-bond donors (Lipinski definition) is 1. The fraction of sp³-hybridized carbons (Fsp3) is 0.714. The molecule has 0 saturated carbocycles. The lowest BCUT2D eigenvalue weighted by Crippen LogP contribution is -2.50. The van der Waals surface area contributed by atoms with Gasteiger partial charge in [0.1, 0.15) is 0 Å². The van der Waals surface area contributed by atoms with Crippen molar-refractivity contribution >= 4 is 22.5 Å². The van der Waals surface area contributed by atoms with E-state index < -0.39 is 0 Å². The van der Waals surface area contributed by atoms with Gasteiger partial charge in [-0.15, -0.1) is 11.3 Å². The van der Waals surface area contributed by atoms with Crippen LogP contribution in [0.4, 0.5) is 9.93 Å². The monoisotopic (exact) mass is 310 g/mol. The van der Waals surface area contributed by atoms with Crippen molar-refractivity contribution in [2.45, 2.75) is 25.5 Å². The van der Waals surface area contributed by atoms with Gasteiger partial charge in [0.25, 0.3) is 0 Å². The maximum atomic E-state index is 12.5. The van der Waals surface area contributed by atoms with Crippen molar-refractivity contribution in [2.75, 3.05) is 39.1 Å². The Morgan fingerprint density at radius 1 is 1.57 bits per heavy atom. The third kappa shape index (κ3) is 3.20. The Morgan fingerprint density at radius 2 is 2.43 bits per heavy atom. The first-order valence-corrected chi connectivity index (χ1v) is 8.25. The Labute approximate surface area is 129 Å². The third-order valence-electron chi connectivity index (χ3n) is 4.28. The van der Waals surface area contributed by atoms with Crippen molar-refractivity contribution in [1.82, 2.24) is 14.8 Å². The summed E-state index contributed by atoms with van der Waals surface area (Å²) in [5, 5.41) is 5.51. The molecule has 1 aromatic rings. The van der Waals surface area contributed by atoms with E-state index in [2.05, 4.69) is 22.2 Å². The first-order valence-electron chi connectivity index (χ1n) is 7.37. The summed E-state index contributed by atoms with van der Waals surface area (Å²) in [6.07, 6.45) is 2.32. The molecule has 3 heterocycles. The summed E-state index contributed by atoms with van der Waals surface area (Å²) in [4.78, 5) is 21.2. The molecule has 0 radical (unpaired) electrons. The molecule has 2 aliphatic rings. The van der Waals surface area contributed by atoms with Crippen LogP contribution in [-0.4, -0.2) is 60.6 Å². The first-order chi connectivity index (χ1) is 10.2. The number of carbonyl (C=O) groups is 1. The quantitative estimate of drug-likeness (QED) is 0.925. The van der Waals surface area contributed by atoms with E-state index >= 15 is 0 Å². The predicted molar refractivity (Wildman–Crippen MR) is 82.6 cm³/mol. The second kappa shape index (κ2) is 6.29. The van der Waals surface area contributed by atoms with Crippen LogP contribution in [0.3, 0.4) is 0 Å². The number of nitrogens with zero attached hydrogens (tertiary/aromatic N) is 3. The molecule has 3 rings (SSSR count).